The minimum absolute atomic E-state index is 0.474. The first kappa shape index (κ1) is 14.8. The molecule has 0 bridgehead atoms. The lowest BCUT2D eigenvalue weighted by Gasteiger charge is -2.34. The molecule has 1 fully saturated rings. The molecule has 0 amide bonds. The molecule has 1 aromatic heterocycles. The van der Waals surface area contributed by atoms with Crippen LogP contribution in [-0.2, 0) is 6.54 Å². The lowest BCUT2D eigenvalue weighted by molar-refractivity contribution is 0.185. The first-order valence-electron chi connectivity index (χ1n) is 7.85. The largest absolute Gasteiger partial charge is 0.307 e. The Kier molecular flexibility index (Phi) is 5.07. The van der Waals surface area contributed by atoms with Gasteiger partial charge in [-0.05, 0) is 60.8 Å². The van der Waals surface area contributed by atoms with Gasteiger partial charge in [-0.3, -0.25) is 4.90 Å². The van der Waals surface area contributed by atoms with Crippen molar-refractivity contribution in [3.8, 4) is 0 Å². The van der Waals surface area contributed by atoms with E-state index in [1.165, 1.54) is 37.1 Å². The van der Waals surface area contributed by atoms with Crippen LogP contribution in [0.1, 0.15) is 36.9 Å². The predicted molar refractivity (Wildman–Crippen MR) is 90.6 cm³/mol. The Morgan fingerprint density at radius 2 is 1.95 bits per heavy atom. The molecule has 0 aliphatic carbocycles. The van der Waals surface area contributed by atoms with E-state index in [1.807, 2.05) is 0 Å². The van der Waals surface area contributed by atoms with Crippen molar-refractivity contribution in [3.05, 3.63) is 58.3 Å². The van der Waals surface area contributed by atoms with Crippen LogP contribution in [0.3, 0.4) is 0 Å². The normalized spacial score (nSPS) is 18.7. The summed E-state index contributed by atoms with van der Waals surface area (Å²) in [6, 6.07) is 14.2. The second kappa shape index (κ2) is 7.21. The standard InChI is InChI=1S/C18H24N2S/c1-15(17-9-12-21-14-17)19-18-7-10-20(11-8-18)13-16-5-3-2-4-6-16/h2-6,9,12,14-15,18-19H,7-8,10-11,13H2,1H3. The molecule has 3 heteroatoms. The van der Waals surface area contributed by atoms with Gasteiger partial charge in [0.2, 0.25) is 0 Å². The Bertz CT molecular complexity index is 515. The Hall–Kier alpha value is -1.16. The van der Waals surface area contributed by atoms with E-state index in [9.17, 15) is 0 Å². The summed E-state index contributed by atoms with van der Waals surface area (Å²) in [7, 11) is 0. The van der Waals surface area contributed by atoms with Gasteiger partial charge in [0.15, 0.2) is 0 Å². The second-order valence-corrected chi connectivity index (χ2v) is 6.76. The summed E-state index contributed by atoms with van der Waals surface area (Å²) in [5, 5.41) is 8.20. The van der Waals surface area contributed by atoms with Crippen LogP contribution < -0.4 is 5.32 Å². The van der Waals surface area contributed by atoms with E-state index in [2.05, 4.69) is 64.3 Å². The van der Waals surface area contributed by atoms with Crippen molar-refractivity contribution in [1.82, 2.24) is 10.2 Å². The van der Waals surface area contributed by atoms with Gasteiger partial charge in [-0.25, -0.2) is 0 Å². The molecule has 1 unspecified atom stereocenters. The fraction of sp³-hybridized carbons (Fsp3) is 0.444. The van der Waals surface area contributed by atoms with Crippen LogP contribution >= 0.6 is 11.3 Å². The Morgan fingerprint density at radius 1 is 1.19 bits per heavy atom. The Labute approximate surface area is 131 Å². The lowest BCUT2D eigenvalue weighted by atomic mass is 10.0. The van der Waals surface area contributed by atoms with E-state index < -0.39 is 0 Å². The summed E-state index contributed by atoms with van der Waals surface area (Å²) >= 11 is 1.78. The molecule has 1 aliphatic rings. The van der Waals surface area contributed by atoms with Crippen molar-refractivity contribution < 1.29 is 0 Å². The predicted octanol–water partition coefficient (Wildman–Crippen LogP) is 4.06. The molecule has 1 atom stereocenters. The number of likely N-dealkylation sites (tertiary alicyclic amines) is 1. The van der Waals surface area contributed by atoms with E-state index in [1.54, 1.807) is 11.3 Å². The quantitative estimate of drug-likeness (QED) is 0.895. The molecule has 1 N–H and O–H groups in total. The molecule has 1 aromatic carbocycles. The minimum Gasteiger partial charge on any atom is -0.307 e. The molecule has 0 radical (unpaired) electrons. The maximum atomic E-state index is 3.79. The van der Waals surface area contributed by atoms with E-state index in [-0.39, 0.29) is 0 Å². The molecule has 1 aliphatic heterocycles. The monoisotopic (exact) mass is 300 g/mol. The maximum absolute atomic E-state index is 3.79. The van der Waals surface area contributed by atoms with Crippen LogP contribution in [0.4, 0.5) is 0 Å². The van der Waals surface area contributed by atoms with Crippen LogP contribution in [0, 0.1) is 0 Å². The summed E-state index contributed by atoms with van der Waals surface area (Å²) in [5.74, 6) is 0. The summed E-state index contributed by atoms with van der Waals surface area (Å²) in [6.07, 6.45) is 2.50. The van der Waals surface area contributed by atoms with Crippen molar-refractivity contribution in [3.63, 3.8) is 0 Å². The highest BCUT2D eigenvalue weighted by Crippen LogP contribution is 2.20. The molecule has 0 saturated carbocycles. The van der Waals surface area contributed by atoms with Crippen LogP contribution in [0.25, 0.3) is 0 Å². The van der Waals surface area contributed by atoms with Gasteiger partial charge in [0.1, 0.15) is 0 Å². The molecule has 1 saturated heterocycles. The number of thiophene rings is 1. The molecule has 2 heterocycles. The zero-order chi connectivity index (χ0) is 14.5. The van der Waals surface area contributed by atoms with Crippen molar-refractivity contribution in [1.29, 1.82) is 0 Å². The Balaban J connectivity index is 1.45. The van der Waals surface area contributed by atoms with Crippen molar-refractivity contribution >= 4 is 11.3 Å². The van der Waals surface area contributed by atoms with E-state index in [4.69, 9.17) is 0 Å². The van der Waals surface area contributed by atoms with Gasteiger partial charge >= 0.3 is 0 Å². The third-order valence-corrected chi connectivity index (χ3v) is 5.07. The number of hydrogen-bond donors (Lipinski definition) is 1. The molecule has 112 valence electrons. The fourth-order valence-electron chi connectivity index (χ4n) is 3.07. The first-order chi connectivity index (χ1) is 10.3. The van der Waals surface area contributed by atoms with Gasteiger partial charge in [0.05, 0.1) is 0 Å². The number of hydrogen-bond acceptors (Lipinski definition) is 3. The second-order valence-electron chi connectivity index (χ2n) is 5.98. The molecule has 3 rings (SSSR count). The number of rotatable bonds is 5. The van der Waals surface area contributed by atoms with Crippen LogP contribution in [0.15, 0.2) is 47.2 Å². The van der Waals surface area contributed by atoms with Crippen LogP contribution in [-0.4, -0.2) is 24.0 Å². The zero-order valence-corrected chi connectivity index (χ0v) is 13.5. The summed E-state index contributed by atoms with van der Waals surface area (Å²) < 4.78 is 0. The van der Waals surface area contributed by atoms with Crippen molar-refractivity contribution in [2.75, 3.05) is 13.1 Å². The zero-order valence-electron chi connectivity index (χ0n) is 12.7. The molecule has 0 spiro atoms. The molecular weight excluding hydrogens is 276 g/mol. The van der Waals surface area contributed by atoms with E-state index >= 15 is 0 Å². The SMILES string of the molecule is CC(NC1CCN(Cc2ccccc2)CC1)c1ccsc1. The fourth-order valence-corrected chi connectivity index (χ4v) is 3.82. The summed E-state index contributed by atoms with van der Waals surface area (Å²) in [6.45, 7) is 5.76. The number of nitrogens with one attached hydrogen (secondary N) is 1. The van der Waals surface area contributed by atoms with Crippen LogP contribution in [0.2, 0.25) is 0 Å². The van der Waals surface area contributed by atoms with E-state index in [0.717, 1.165) is 6.54 Å². The van der Waals surface area contributed by atoms with Crippen molar-refractivity contribution in [2.45, 2.75) is 38.4 Å². The topological polar surface area (TPSA) is 15.3 Å². The van der Waals surface area contributed by atoms with Crippen molar-refractivity contribution in [2.24, 2.45) is 0 Å². The lowest BCUT2D eigenvalue weighted by Crippen LogP contribution is -2.42. The number of piperidine rings is 1. The van der Waals surface area contributed by atoms with Gasteiger partial charge in [-0.1, -0.05) is 30.3 Å². The van der Waals surface area contributed by atoms with Gasteiger partial charge in [-0.2, -0.15) is 11.3 Å². The number of nitrogens with zero attached hydrogens (tertiary/aromatic N) is 1. The molecule has 2 nitrogen and oxygen atoms in total. The van der Waals surface area contributed by atoms with Gasteiger partial charge in [0.25, 0.3) is 0 Å². The Morgan fingerprint density at radius 3 is 2.62 bits per heavy atom. The maximum Gasteiger partial charge on any atom is 0.0302 e. The van der Waals surface area contributed by atoms with Gasteiger partial charge in [0, 0.05) is 18.6 Å². The van der Waals surface area contributed by atoms with Gasteiger partial charge < -0.3 is 5.32 Å². The third kappa shape index (κ3) is 4.16. The summed E-state index contributed by atoms with van der Waals surface area (Å²) in [4.78, 5) is 2.57. The number of benzene rings is 1. The highest BCUT2D eigenvalue weighted by Gasteiger charge is 2.20. The highest BCUT2D eigenvalue weighted by atomic mass is 32.1. The average molecular weight is 300 g/mol. The van der Waals surface area contributed by atoms with E-state index in [0.29, 0.717) is 12.1 Å². The van der Waals surface area contributed by atoms with Gasteiger partial charge in [-0.15, -0.1) is 0 Å². The highest BCUT2D eigenvalue weighted by molar-refractivity contribution is 7.07. The first-order valence-corrected chi connectivity index (χ1v) is 8.80. The smallest absolute Gasteiger partial charge is 0.0302 e. The summed E-state index contributed by atoms with van der Waals surface area (Å²) in [5.41, 5.74) is 2.85. The minimum atomic E-state index is 0.474. The molecule has 2 aromatic rings. The average Bonchev–Trinajstić information content (AvgIpc) is 3.05. The molecule has 21 heavy (non-hydrogen) atoms. The van der Waals surface area contributed by atoms with Crippen LogP contribution in [0.5, 0.6) is 0 Å². The third-order valence-electron chi connectivity index (χ3n) is 4.37. The molecular formula is C18H24N2S.